The van der Waals surface area contributed by atoms with Gasteiger partial charge < -0.3 is 9.32 Å². The first-order valence-electron chi connectivity index (χ1n) is 7.07. The van der Waals surface area contributed by atoms with Crippen LogP contribution in [0.25, 0.3) is 0 Å². The number of rotatable bonds is 3. The van der Waals surface area contributed by atoms with Gasteiger partial charge in [0.15, 0.2) is 12.1 Å². The first-order valence-corrected chi connectivity index (χ1v) is 7.45. The number of halogens is 1. The average Bonchev–Trinajstić information content (AvgIpc) is 3.10. The molecule has 4 nitrogen and oxygen atoms in total. The zero-order valence-electron chi connectivity index (χ0n) is 11.9. The molecule has 5 heteroatoms. The summed E-state index contributed by atoms with van der Waals surface area (Å²) in [4.78, 5) is 18.2. The summed E-state index contributed by atoms with van der Waals surface area (Å²) >= 11 is 5.90. The second-order valence-corrected chi connectivity index (χ2v) is 5.93. The van der Waals surface area contributed by atoms with Crippen LogP contribution in [-0.2, 0) is 6.42 Å². The number of likely N-dealkylation sites (tertiary alicyclic amines) is 1. The van der Waals surface area contributed by atoms with Crippen molar-refractivity contribution in [1.82, 2.24) is 9.88 Å². The highest BCUT2D eigenvalue weighted by atomic mass is 35.5. The summed E-state index contributed by atoms with van der Waals surface area (Å²) in [5.74, 6) is 1.04. The maximum absolute atomic E-state index is 12.4. The molecule has 0 spiro atoms. The van der Waals surface area contributed by atoms with Crippen LogP contribution in [0.5, 0.6) is 0 Å². The molecule has 0 radical (unpaired) electrons. The van der Waals surface area contributed by atoms with Crippen LogP contribution in [0.4, 0.5) is 0 Å². The van der Waals surface area contributed by atoms with Crippen LogP contribution in [0.2, 0.25) is 5.02 Å². The fourth-order valence-electron chi connectivity index (χ4n) is 2.80. The van der Waals surface area contributed by atoms with Crippen LogP contribution in [0.3, 0.4) is 0 Å². The van der Waals surface area contributed by atoms with E-state index < -0.39 is 0 Å². The third-order valence-electron chi connectivity index (χ3n) is 3.96. The molecule has 21 heavy (non-hydrogen) atoms. The molecule has 1 saturated heterocycles. The lowest BCUT2D eigenvalue weighted by Crippen LogP contribution is -2.29. The Bertz CT molecular complexity index is 636. The highest BCUT2D eigenvalue weighted by Gasteiger charge is 2.29. The zero-order chi connectivity index (χ0) is 14.8. The van der Waals surface area contributed by atoms with E-state index in [2.05, 4.69) is 17.1 Å². The Balaban J connectivity index is 1.62. The Labute approximate surface area is 128 Å². The van der Waals surface area contributed by atoms with Crippen molar-refractivity contribution in [3.8, 4) is 0 Å². The molecule has 3 rings (SSSR count). The van der Waals surface area contributed by atoms with Crippen LogP contribution >= 0.6 is 11.6 Å². The minimum absolute atomic E-state index is 0.0279. The van der Waals surface area contributed by atoms with Crippen LogP contribution < -0.4 is 0 Å². The normalized spacial score (nSPS) is 18.2. The van der Waals surface area contributed by atoms with Crippen molar-refractivity contribution in [3.05, 3.63) is 52.7 Å². The second-order valence-electron chi connectivity index (χ2n) is 5.49. The smallest absolute Gasteiger partial charge is 0.276 e. The van der Waals surface area contributed by atoms with Crippen molar-refractivity contribution in [2.75, 3.05) is 13.1 Å². The van der Waals surface area contributed by atoms with Gasteiger partial charge in [0.25, 0.3) is 5.91 Å². The molecule has 110 valence electrons. The molecule has 0 saturated carbocycles. The molecule has 1 aliphatic heterocycles. The second kappa shape index (κ2) is 5.90. The number of nitrogens with zero attached hydrogens (tertiary/aromatic N) is 2. The summed E-state index contributed by atoms with van der Waals surface area (Å²) in [6.07, 6.45) is 3.31. The number of oxazole rings is 1. The lowest BCUT2D eigenvalue weighted by Gasteiger charge is -2.15. The Hall–Kier alpha value is -1.81. The first kappa shape index (κ1) is 14.1. The van der Waals surface area contributed by atoms with Crippen molar-refractivity contribution in [1.29, 1.82) is 0 Å². The largest absolute Gasteiger partial charge is 0.448 e. The van der Waals surface area contributed by atoms with Crippen molar-refractivity contribution < 1.29 is 9.21 Å². The summed E-state index contributed by atoms with van der Waals surface area (Å²) in [6.45, 7) is 3.32. The monoisotopic (exact) mass is 304 g/mol. The van der Waals surface area contributed by atoms with E-state index in [1.807, 2.05) is 17.0 Å². The third kappa shape index (κ3) is 3.10. The van der Waals surface area contributed by atoms with Crippen molar-refractivity contribution in [2.45, 2.75) is 19.8 Å². The van der Waals surface area contributed by atoms with E-state index in [0.29, 0.717) is 17.4 Å². The number of carbonyl (C=O) groups excluding carboxylic acids is 1. The highest BCUT2D eigenvalue weighted by molar-refractivity contribution is 6.30. The van der Waals surface area contributed by atoms with Gasteiger partial charge in [-0.25, -0.2) is 4.98 Å². The molecule has 2 aromatic rings. The van der Waals surface area contributed by atoms with Gasteiger partial charge in [-0.2, -0.15) is 0 Å². The minimum Gasteiger partial charge on any atom is -0.448 e. The van der Waals surface area contributed by atoms with Gasteiger partial charge >= 0.3 is 0 Å². The highest BCUT2D eigenvalue weighted by Crippen LogP contribution is 2.23. The summed E-state index contributed by atoms with van der Waals surface area (Å²) < 4.78 is 5.11. The Kier molecular flexibility index (Phi) is 3.97. The van der Waals surface area contributed by atoms with E-state index in [-0.39, 0.29) is 5.91 Å². The summed E-state index contributed by atoms with van der Waals surface area (Å²) in [7, 11) is 0. The zero-order valence-corrected chi connectivity index (χ0v) is 12.6. The summed E-state index contributed by atoms with van der Waals surface area (Å²) in [5.41, 5.74) is 1.69. The number of hydrogen-bond donors (Lipinski definition) is 0. The van der Waals surface area contributed by atoms with Crippen molar-refractivity contribution >= 4 is 17.5 Å². The van der Waals surface area contributed by atoms with Gasteiger partial charge in [0, 0.05) is 18.1 Å². The predicted molar refractivity (Wildman–Crippen MR) is 80.4 cm³/mol. The number of carbonyl (C=O) groups is 1. The van der Waals surface area contributed by atoms with Gasteiger partial charge in [-0.15, -0.1) is 0 Å². The Morgan fingerprint density at radius 2 is 2.19 bits per heavy atom. The molecule has 1 unspecified atom stereocenters. The molecule has 1 amide bonds. The molecule has 1 fully saturated rings. The van der Waals surface area contributed by atoms with Crippen molar-refractivity contribution in [2.24, 2.45) is 5.92 Å². The topological polar surface area (TPSA) is 46.3 Å². The maximum atomic E-state index is 12.4. The molecular weight excluding hydrogens is 288 g/mol. The lowest BCUT2D eigenvalue weighted by molar-refractivity contribution is 0.0780. The molecular formula is C16H17ClN2O2. The van der Waals surface area contributed by atoms with Crippen molar-refractivity contribution in [3.63, 3.8) is 0 Å². The third-order valence-corrected chi connectivity index (χ3v) is 4.21. The fourth-order valence-corrected chi connectivity index (χ4v) is 2.92. The molecule has 1 aliphatic rings. The quantitative estimate of drug-likeness (QED) is 0.873. The maximum Gasteiger partial charge on any atom is 0.276 e. The van der Waals surface area contributed by atoms with E-state index >= 15 is 0 Å². The predicted octanol–water partition coefficient (Wildman–Crippen LogP) is 3.34. The molecule has 1 aromatic heterocycles. The number of benzene rings is 1. The standard InChI is InChI=1S/C16H17ClN2O2/c1-11-15(18-10-21-11)16(20)19-7-6-13(9-19)8-12-2-4-14(17)5-3-12/h2-5,10,13H,6-9H2,1H3. The van der Waals surface area contributed by atoms with Crippen LogP contribution in [0, 0.1) is 12.8 Å². The van der Waals surface area contributed by atoms with Gasteiger partial charge in [0.2, 0.25) is 0 Å². The van der Waals surface area contributed by atoms with Gasteiger partial charge in [-0.05, 0) is 43.4 Å². The van der Waals surface area contributed by atoms with Crippen LogP contribution in [0.15, 0.2) is 35.1 Å². The molecule has 0 N–H and O–H groups in total. The van der Waals surface area contributed by atoms with E-state index in [1.165, 1.54) is 12.0 Å². The number of hydrogen-bond acceptors (Lipinski definition) is 3. The Morgan fingerprint density at radius 1 is 1.43 bits per heavy atom. The molecule has 0 bridgehead atoms. The molecule has 1 aromatic carbocycles. The van der Waals surface area contributed by atoms with E-state index in [9.17, 15) is 4.79 Å². The summed E-state index contributed by atoms with van der Waals surface area (Å²) in [6, 6.07) is 7.92. The van der Waals surface area contributed by atoms with Crippen LogP contribution in [-0.4, -0.2) is 28.9 Å². The van der Waals surface area contributed by atoms with E-state index in [1.54, 1.807) is 6.92 Å². The van der Waals surface area contributed by atoms with E-state index in [0.717, 1.165) is 31.0 Å². The number of aryl methyl sites for hydroxylation is 1. The SMILES string of the molecule is Cc1ocnc1C(=O)N1CCC(Cc2ccc(Cl)cc2)C1. The first-order chi connectivity index (χ1) is 10.1. The van der Waals surface area contributed by atoms with Gasteiger partial charge in [0.05, 0.1) is 0 Å². The van der Waals surface area contributed by atoms with Gasteiger partial charge in [-0.3, -0.25) is 4.79 Å². The molecule has 0 aliphatic carbocycles. The minimum atomic E-state index is -0.0279. The van der Waals surface area contributed by atoms with E-state index in [4.69, 9.17) is 16.0 Å². The van der Waals surface area contributed by atoms with Crippen LogP contribution in [0.1, 0.15) is 28.2 Å². The summed E-state index contributed by atoms with van der Waals surface area (Å²) in [5, 5.41) is 0.753. The fraction of sp³-hybridized carbons (Fsp3) is 0.375. The average molecular weight is 305 g/mol. The lowest BCUT2D eigenvalue weighted by atomic mass is 9.99. The number of aromatic nitrogens is 1. The van der Waals surface area contributed by atoms with Gasteiger partial charge in [0.1, 0.15) is 5.76 Å². The molecule has 2 heterocycles. The Morgan fingerprint density at radius 3 is 2.86 bits per heavy atom. The number of amides is 1. The molecule has 1 atom stereocenters. The van der Waals surface area contributed by atoms with Gasteiger partial charge in [-0.1, -0.05) is 23.7 Å².